The zero-order valence-electron chi connectivity index (χ0n) is 19.8. The number of carbonyl (C=O) groups is 1. The molecule has 1 aliphatic heterocycles. The predicted molar refractivity (Wildman–Crippen MR) is 129 cm³/mol. The number of amides is 1. The summed E-state index contributed by atoms with van der Waals surface area (Å²) in [6.45, 7) is 11.5. The van der Waals surface area contributed by atoms with E-state index in [9.17, 15) is 4.79 Å². The molecule has 0 aliphatic carbocycles. The minimum atomic E-state index is -1.90. The molecule has 1 saturated heterocycles. The first-order valence-corrected chi connectivity index (χ1v) is 14.1. The minimum absolute atomic E-state index is 0.118. The molecular weight excluding hydrogens is 436 g/mol. The number of aromatic nitrogens is 4. The van der Waals surface area contributed by atoms with E-state index in [2.05, 4.69) is 54.1 Å². The van der Waals surface area contributed by atoms with Crippen molar-refractivity contribution in [2.24, 2.45) is 5.73 Å². The van der Waals surface area contributed by atoms with Crippen LogP contribution in [0.4, 0.5) is 5.82 Å². The van der Waals surface area contributed by atoms with Crippen LogP contribution >= 0.6 is 0 Å². The van der Waals surface area contributed by atoms with Gasteiger partial charge >= 0.3 is 0 Å². The number of ether oxygens (including phenoxy) is 1. The van der Waals surface area contributed by atoms with E-state index in [0.717, 1.165) is 0 Å². The summed E-state index contributed by atoms with van der Waals surface area (Å²) in [6, 6.07) is 8.81. The van der Waals surface area contributed by atoms with Crippen molar-refractivity contribution in [3.63, 3.8) is 0 Å². The zero-order chi connectivity index (χ0) is 23.8. The number of benzene rings is 1. The van der Waals surface area contributed by atoms with Crippen molar-refractivity contribution in [1.82, 2.24) is 19.5 Å². The summed E-state index contributed by atoms with van der Waals surface area (Å²) in [7, 11) is -1.90. The van der Waals surface area contributed by atoms with Gasteiger partial charge in [0.1, 0.15) is 12.6 Å². The van der Waals surface area contributed by atoms with Gasteiger partial charge in [0.2, 0.25) is 0 Å². The van der Waals surface area contributed by atoms with Crippen LogP contribution in [0.3, 0.4) is 0 Å². The molecule has 3 aromatic rings. The van der Waals surface area contributed by atoms with Crippen LogP contribution in [0, 0.1) is 0 Å². The van der Waals surface area contributed by atoms with Crippen LogP contribution in [0.25, 0.3) is 11.2 Å². The van der Waals surface area contributed by atoms with E-state index in [-0.39, 0.29) is 29.3 Å². The maximum atomic E-state index is 12.6. The summed E-state index contributed by atoms with van der Waals surface area (Å²) in [5.41, 5.74) is 8.03. The molecule has 1 fully saturated rings. The Bertz CT molecular complexity index is 1130. The highest BCUT2D eigenvalue weighted by Gasteiger charge is 2.40. The average molecular weight is 469 g/mol. The van der Waals surface area contributed by atoms with Gasteiger partial charge in [-0.3, -0.25) is 9.36 Å². The molecule has 9 nitrogen and oxygen atoms in total. The quantitative estimate of drug-likeness (QED) is 0.530. The largest absolute Gasteiger partial charge is 0.414 e. The number of nitrogens with two attached hydrogens (primary N) is 1. The maximum Gasteiger partial charge on any atom is 0.256 e. The smallest absolute Gasteiger partial charge is 0.256 e. The van der Waals surface area contributed by atoms with Crippen molar-refractivity contribution in [3.05, 3.63) is 48.5 Å². The Morgan fingerprint density at radius 2 is 1.97 bits per heavy atom. The Labute approximate surface area is 194 Å². The van der Waals surface area contributed by atoms with Crippen LogP contribution in [0.15, 0.2) is 43.0 Å². The second kappa shape index (κ2) is 8.94. The van der Waals surface area contributed by atoms with E-state index in [1.165, 1.54) is 6.33 Å². The van der Waals surface area contributed by atoms with E-state index in [1.807, 2.05) is 22.8 Å². The second-order valence-corrected chi connectivity index (χ2v) is 14.8. The third-order valence-corrected chi connectivity index (χ3v) is 11.1. The number of nitrogens with zero attached hydrogens (tertiary/aromatic N) is 4. The summed E-state index contributed by atoms with van der Waals surface area (Å²) in [5.74, 6) is 0.0971. The summed E-state index contributed by atoms with van der Waals surface area (Å²) in [5, 5.41) is 2.95. The van der Waals surface area contributed by atoms with Crippen LogP contribution in [0.1, 0.15) is 43.8 Å². The van der Waals surface area contributed by atoms with Gasteiger partial charge in [0, 0.05) is 18.0 Å². The van der Waals surface area contributed by atoms with Gasteiger partial charge in [-0.15, -0.1) is 0 Å². The monoisotopic (exact) mass is 468 g/mol. The molecule has 3 N–H and O–H groups in total. The highest BCUT2D eigenvalue weighted by atomic mass is 28.4. The number of fused-ring (bicyclic) bond motifs is 1. The van der Waals surface area contributed by atoms with Crippen molar-refractivity contribution in [1.29, 1.82) is 0 Å². The highest BCUT2D eigenvalue weighted by Crippen LogP contribution is 2.38. The average Bonchev–Trinajstić information content (AvgIpc) is 3.36. The van der Waals surface area contributed by atoms with Crippen LogP contribution in [0.2, 0.25) is 18.1 Å². The Hall–Kier alpha value is -2.66. The molecule has 3 atom stereocenters. The predicted octanol–water partition coefficient (Wildman–Crippen LogP) is 3.72. The molecule has 0 unspecified atom stereocenters. The maximum absolute atomic E-state index is 12.6. The molecule has 4 rings (SSSR count). The Morgan fingerprint density at radius 3 is 2.67 bits per heavy atom. The lowest BCUT2D eigenvalue weighted by Gasteiger charge is -2.37. The van der Waals surface area contributed by atoms with Gasteiger partial charge in [0.05, 0.1) is 19.0 Å². The van der Waals surface area contributed by atoms with Crippen molar-refractivity contribution in [2.45, 2.75) is 63.7 Å². The van der Waals surface area contributed by atoms with Gasteiger partial charge in [-0.05, 0) is 30.3 Å². The lowest BCUT2D eigenvalue weighted by atomic mass is 10.1. The topological polar surface area (TPSA) is 117 Å². The van der Waals surface area contributed by atoms with Gasteiger partial charge in [-0.1, -0.05) is 39.0 Å². The third-order valence-electron chi connectivity index (χ3n) is 6.63. The van der Waals surface area contributed by atoms with E-state index in [1.54, 1.807) is 18.5 Å². The van der Waals surface area contributed by atoms with Crippen LogP contribution in [0.5, 0.6) is 0 Å². The van der Waals surface area contributed by atoms with Crippen molar-refractivity contribution in [3.8, 4) is 0 Å². The molecule has 176 valence electrons. The molecule has 10 heteroatoms. The van der Waals surface area contributed by atoms with E-state index in [4.69, 9.17) is 14.9 Å². The number of rotatable bonds is 6. The first-order chi connectivity index (χ1) is 15.6. The summed E-state index contributed by atoms with van der Waals surface area (Å²) in [4.78, 5) is 25.6. The summed E-state index contributed by atoms with van der Waals surface area (Å²) >= 11 is 0. The molecule has 0 spiro atoms. The van der Waals surface area contributed by atoms with Crippen molar-refractivity contribution >= 4 is 31.2 Å². The Balaban J connectivity index is 1.49. The lowest BCUT2D eigenvalue weighted by molar-refractivity contribution is -0.0207. The zero-order valence-corrected chi connectivity index (χ0v) is 20.8. The van der Waals surface area contributed by atoms with E-state index < -0.39 is 8.32 Å². The molecule has 33 heavy (non-hydrogen) atoms. The van der Waals surface area contributed by atoms with E-state index >= 15 is 0 Å². The number of imidazole rings is 1. The fraction of sp³-hybridized carbons (Fsp3) is 0.478. The molecule has 0 bridgehead atoms. The van der Waals surface area contributed by atoms with Gasteiger partial charge in [-0.2, -0.15) is 0 Å². The highest BCUT2D eigenvalue weighted by molar-refractivity contribution is 6.74. The number of carbonyl (C=O) groups excluding carboxylic acids is 1. The minimum Gasteiger partial charge on any atom is -0.414 e. The molecule has 0 saturated carbocycles. The summed E-state index contributed by atoms with van der Waals surface area (Å²) < 4.78 is 14.5. The molecular formula is C23H32N6O3Si. The van der Waals surface area contributed by atoms with Gasteiger partial charge in [0.15, 0.2) is 25.3 Å². The normalized spacial score (nSPS) is 21.5. The van der Waals surface area contributed by atoms with Crippen LogP contribution < -0.4 is 11.1 Å². The molecule has 1 aliphatic rings. The third kappa shape index (κ3) is 4.84. The van der Waals surface area contributed by atoms with E-state index in [0.29, 0.717) is 35.6 Å². The second-order valence-electron chi connectivity index (χ2n) is 9.97. The van der Waals surface area contributed by atoms with Crippen molar-refractivity contribution in [2.75, 3.05) is 11.9 Å². The Morgan fingerprint density at radius 1 is 1.24 bits per heavy atom. The number of nitrogens with one attached hydrogen (secondary N) is 1. The summed E-state index contributed by atoms with van der Waals surface area (Å²) in [6.07, 6.45) is 3.17. The van der Waals surface area contributed by atoms with Gasteiger partial charge < -0.3 is 20.2 Å². The lowest BCUT2D eigenvalue weighted by Crippen LogP contribution is -2.45. The first kappa shape index (κ1) is 23.5. The van der Waals surface area contributed by atoms with Crippen LogP contribution in [-0.4, -0.2) is 52.5 Å². The molecule has 3 heterocycles. The number of hydrogen-bond donors (Lipinski definition) is 2. The van der Waals surface area contributed by atoms with Gasteiger partial charge in [0.25, 0.3) is 5.91 Å². The number of hydrogen-bond acceptors (Lipinski definition) is 7. The molecule has 1 amide bonds. The van der Waals surface area contributed by atoms with Crippen molar-refractivity contribution < 1.29 is 14.0 Å². The van der Waals surface area contributed by atoms with Gasteiger partial charge in [-0.25, -0.2) is 15.0 Å². The molecule has 1 aromatic carbocycles. The number of anilines is 1. The molecule has 0 radical (unpaired) electrons. The molecule has 2 aromatic heterocycles. The van der Waals surface area contributed by atoms with Crippen LogP contribution in [-0.2, 0) is 9.16 Å². The standard InChI is InChI=1S/C23H32N6O3Si/c1-23(2,3)33(4,5)31-12-17-16(24)11-18(32-17)29-14-27-19-20(25-13-26-21(19)29)28-22(30)15-9-7-6-8-10-15/h6-10,13-14,16-18H,11-12,24H2,1-5H3,(H,25,26,28,30)/t16-,17+,18+/m0/s1. The fourth-order valence-electron chi connectivity index (χ4n) is 3.52. The fourth-order valence-corrected chi connectivity index (χ4v) is 4.53. The first-order valence-electron chi connectivity index (χ1n) is 11.2. The Kier molecular flexibility index (Phi) is 6.36. The SMILES string of the molecule is CC(C)(C)[Si](C)(C)OC[C@H]1O[C@@H](n2cnc3c(NC(=O)c4ccccc4)ncnc32)C[C@@H]1N.